The molecule has 2 heterocycles. The Balaban J connectivity index is 2.19. The summed E-state index contributed by atoms with van der Waals surface area (Å²) in [6, 6.07) is 3.60. The molecule has 0 unspecified atom stereocenters. The molecule has 0 saturated heterocycles. The van der Waals surface area contributed by atoms with E-state index in [9.17, 15) is 0 Å². The highest BCUT2D eigenvalue weighted by atomic mass is 35.5. The van der Waals surface area contributed by atoms with Crippen LogP contribution in [0.15, 0.2) is 23.7 Å². The fraction of sp³-hybridized carbons (Fsp3) is 0.0909. The zero-order chi connectivity index (χ0) is 12.7. The Bertz CT molecular complexity index is 759. The van der Waals surface area contributed by atoms with Gasteiger partial charge in [-0.15, -0.1) is 11.3 Å². The van der Waals surface area contributed by atoms with Crippen LogP contribution in [0.25, 0.3) is 11.0 Å². The van der Waals surface area contributed by atoms with E-state index in [1.54, 1.807) is 23.6 Å². The fourth-order valence-electron chi connectivity index (χ4n) is 1.78. The van der Waals surface area contributed by atoms with E-state index < -0.39 is 0 Å². The lowest BCUT2D eigenvalue weighted by molar-refractivity contribution is 0.803. The number of halogens is 2. The minimum Gasteiger partial charge on any atom is -0.331 e. The number of H-pyrrole nitrogens is 1. The molecule has 0 radical (unpaired) electrons. The van der Waals surface area contributed by atoms with Gasteiger partial charge in [0, 0.05) is 11.6 Å². The van der Waals surface area contributed by atoms with Gasteiger partial charge in [-0.2, -0.15) is 0 Å². The molecule has 3 nitrogen and oxygen atoms in total. The van der Waals surface area contributed by atoms with Crippen LogP contribution in [0.3, 0.4) is 0 Å². The summed E-state index contributed by atoms with van der Waals surface area (Å²) >= 11 is 18.9. The normalized spacial score (nSPS) is 11.2. The van der Waals surface area contributed by atoms with Gasteiger partial charge in [-0.05, 0) is 24.4 Å². The third-order valence-corrected chi connectivity index (χ3v) is 4.40. The van der Waals surface area contributed by atoms with Crippen LogP contribution in [0.1, 0.15) is 5.01 Å². The van der Waals surface area contributed by atoms with Crippen LogP contribution < -0.4 is 0 Å². The summed E-state index contributed by atoms with van der Waals surface area (Å²) < 4.78 is 2.60. The predicted octanol–water partition coefficient (Wildman–Crippen LogP) is 4.51. The van der Waals surface area contributed by atoms with E-state index in [1.165, 1.54) is 0 Å². The monoisotopic (exact) mass is 315 g/mol. The highest BCUT2D eigenvalue weighted by molar-refractivity contribution is 7.71. The number of nitrogens with zero attached hydrogens (tertiary/aromatic N) is 2. The molecule has 0 amide bonds. The quantitative estimate of drug-likeness (QED) is 0.706. The maximum absolute atomic E-state index is 6.04. The Hall–Kier alpha value is -0.880. The molecule has 0 aliphatic rings. The maximum atomic E-state index is 6.04. The van der Waals surface area contributed by atoms with Crippen LogP contribution in [0.5, 0.6) is 0 Å². The molecule has 3 rings (SSSR count). The number of aromatic nitrogens is 3. The Kier molecular flexibility index (Phi) is 3.15. The largest absolute Gasteiger partial charge is 0.331 e. The Morgan fingerprint density at radius 2 is 2.11 bits per heavy atom. The van der Waals surface area contributed by atoms with Crippen molar-refractivity contribution in [3.05, 3.63) is 43.5 Å². The van der Waals surface area contributed by atoms with E-state index in [2.05, 4.69) is 9.97 Å². The smallest absolute Gasteiger partial charge is 0.178 e. The molecule has 1 N–H and O–H groups in total. The molecule has 0 spiro atoms. The van der Waals surface area contributed by atoms with Gasteiger partial charge in [0.15, 0.2) is 4.77 Å². The molecule has 0 atom stereocenters. The minimum absolute atomic E-state index is 0.516. The average molecular weight is 316 g/mol. The first-order valence-corrected chi connectivity index (χ1v) is 7.15. The number of aromatic amines is 1. The van der Waals surface area contributed by atoms with Crippen molar-refractivity contribution < 1.29 is 0 Å². The summed E-state index contributed by atoms with van der Waals surface area (Å²) in [4.78, 5) is 7.38. The van der Waals surface area contributed by atoms with Gasteiger partial charge in [-0.25, -0.2) is 4.98 Å². The third kappa shape index (κ3) is 2.07. The van der Waals surface area contributed by atoms with Crippen molar-refractivity contribution in [2.24, 2.45) is 0 Å². The molecular weight excluding hydrogens is 309 g/mol. The van der Waals surface area contributed by atoms with Crippen molar-refractivity contribution in [3.8, 4) is 0 Å². The summed E-state index contributed by atoms with van der Waals surface area (Å²) in [5.74, 6) is 0. The summed E-state index contributed by atoms with van der Waals surface area (Å²) in [5, 5.41) is 3.98. The van der Waals surface area contributed by atoms with Crippen molar-refractivity contribution in [2.75, 3.05) is 0 Å². The van der Waals surface area contributed by atoms with E-state index in [-0.39, 0.29) is 0 Å². The number of fused-ring (bicyclic) bond motifs is 1. The maximum Gasteiger partial charge on any atom is 0.178 e. The second-order valence-electron chi connectivity index (χ2n) is 3.73. The van der Waals surface area contributed by atoms with E-state index >= 15 is 0 Å². The van der Waals surface area contributed by atoms with Gasteiger partial charge in [-0.3, -0.25) is 0 Å². The van der Waals surface area contributed by atoms with Crippen LogP contribution in [0, 0.1) is 4.77 Å². The molecule has 1 aromatic carbocycles. The van der Waals surface area contributed by atoms with Crippen LogP contribution >= 0.6 is 46.8 Å². The second-order valence-corrected chi connectivity index (χ2v) is 5.91. The van der Waals surface area contributed by atoms with Crippen molar-refractivity contribution in [3.63, 3.8) is 0 Å². The molecule has 0 aliphatic carbocycles. The molecule has 7 heteroatoms. The van der Waals surface area contributed by atoms with Crippen molar-refractivity contribution >= 4 is 57.8 Å². The molecular formula is C11H7Cl2N3S2. The molecule has 0 fully saturated rings. The van der Waals surface area contributed by atoms with Gasteiger partial charge >= 0.3 is 0 Å². The van der Waals surface area contributed by atoms with Crippen molar-refractivity contribution in [1.29, 1.82) is 0 Å². The SMILES string of the molecule is S=c1[nH]c2cc(Cl)c(Cl)cc2n1Cc1nccs1. The van der Waals surface area contributed by atoms with Crippen molar-refractivity contribution in [1.82, 2.24) is 14.5 Å². The highest BCUT2D eigenvalue weighted by Gasteiger charge is 2.09. The summed E-state index contributed by atoms with van der Waals surface area (Å²) in [7, 11) is 0. The van der Waals surface area contributed by atoms with Crippen LogP contribution in [-0.2, 0) is 6.54 Å². The van der Waals surface area contributed by atoms with Crippen molar-refractivity contribution in [2.45, 2.75) is 6.54 Å². The first-order valence-electron chi connectivity index (χ1n) is 5.11. The van der Waals surface area contributed by atoms with Gasteiger partial charge in [-0.1, -0.05) is 23.2 Å². The molecule has 2 aromatic heterocycles. The van der Waals surface area contributed by atoms with E-state index in [0.717, 1.165) is 16.0 Å². The summed E-state index contributed by atoms with van der Waals surface area (Å²) in [5.41, 5.74) is 1.82. The van der Waals surface area contributed by atoms with Gasteiger partial charge in [0.2, 0.25) is 0 Å². The standard InChI is InChI=1S/C11H7Cl2N3S2/c12-6-3-8-9(4-7(6)13)16(11(17)15-8)5-10-14-1-2-18-10/h1-4H,5H2,(H,15,17). The highest BCUT2D eigenvalue weighted by Crippen LogP contribution is 2.28. The third-order valence-electron chi connectivity index (χ3n) is 2.59. The molecule has 92 valence electrons. The molecule has 18 heavy (non-hydrogen) atoms. The summed E-state index contributed by atoms with van der Waals surface area (Å²) in [6.45, 7) is 0.633. The second kappa shape index (κ2) is 4.66. The zero-order valence-electron chi connectivity index (χ0n) is 8.98. The van der Waals surface area contributed by atoms with Crippen LogP contribution in [-0.4, -0.2) is 14.5 Å². The van der Waals surface area contributed by atoms with E-state index in [4.69, 9.17) is 35.4 Å². The summed E-state index contributed by atoms with van der Waals surface area (Å²) in [6.07, 6.45) is 1.78. The van der Waals surface area contributed by atoms with Crippen LogP contribution in [0.4, 0.5) is 0 Å². The number of hydrogen-bond donors (Lipinski definition) is 1. The first-order chi connectivity index (χ1) is 8.65. The van der Waals surface area contributed by atoms with E-state index in [0.29, 0.717) is 21.4 Å². The number of benzene rings is 1. The van der Waals surface area contributed by atoms with Gasteiger partial charge in [0.25, 0.3) is 0 Å². The number of rotatable bonds is 2. The number of nitrogens with one attached hydrogen (secondary N) is 1. The lowest BCUT2D eigenvalue weighted by Crippen LogP contribution is -1.98. The van der Waals surface area contributed by atoms with Gasteiger partial charge < -0.3 is 9.55 Å². The number of hydrogen-bond acceptors (Lipinski definition) is 3. The lowest BCUT2D eigenvalue weighted by atomic mass is 10.3. The van der Waals surface area contributed by atoms with E-state index in [1.807, 2.05) is 16.0 Å². The van der Waals surface area contributed by atoms with Gasteiger partial charge in [0.05, 0.1) is 27.6 Å². The zero-order valence-corrected chi connectivity index (χ0v) is 12.1. The average Bonchev–Trinajstić information content (AvgIpc) is 2.92. The van der Waals surface area contributed by atoms with Gasteiger partial charge in [0.1, 0.15) is 5.01 Å². The Morgan fingerprint density at radius 3 is 2.83 bits per heavy atom. The first kappa shape index (κ1) is 12.2. The minimum atomic E-state index is 0.516. The Labute approximate surface area is 122 Å². The Morgan fingerprint density at radius 1 is 1.33 bits per heavy atom. The topological polar surface area (TPSA) is 33.6 Å². The molecule has 0 bridgehead atoms. The number of thiazole rings is 1. The molecule has 0 saturated carbocycles. The molecule has 0 aliphatic heterocycles. The predicted molar refractivity (Wildman–Crippen MR) is 78.4 cm³/mol. The lowest BCUT2D eigenvalue weighted by Gasteiger charge is -2.02. The van der Waals surface area contributed by atoms with Crippen LogP contribution in [0.2, 0.25) is 10.0 Å². The number of imidazole rings is 1. The fourth-order valence-corrected chi connectivity index (χ4v) is 2.97. The molecule has 3 aromatic rings.